The Morgan fingerprint density at radius 3 is 2.71 bits per heavy atom. The zero-order chi connectivity index (χ0) is 10.6. The molecule has 2 nitrogen and oxygen atoms in total. The van der Waals surface area contributed by atoms with E-state index in [0.717, 1.165) is 32.6 Å². The highest BCUT2D eigenvalue weighted by atomic mass is 35.5. The van der Waals surface area contributed by atoms with Crippen LogP contribution in [0.2, 0.25) is 0 Å². The summed E-state index contributed by atoms with van der Waals surface area (Å²) in [6.07, 6.45) is 3.35. The summed E-state index contributed by atoms with van der Waals surface area (Å²) in [4.78, 5) is 0. The van der Waals surface area contributed by atoms with Crippen LogP contribution in [0.25, 0.3) is 0 Å². The summed E-state index contributed by atoms with van der Waals surface area (Å²) in [6.45, 7) is 5.40. The molecule has 84 valence electrons. The van der Waals surface area contributed by atoms with Gasteiger partial charge in [-0.2, -0.15) is 0 Å². The molecule has 0 radical (unpaired) electrons. The van der Waals surface area contributed by atoms with Crippen LogP contribution in [0, 0.1) is 0 Å². The van der Waals surface area contributed by atoms with E-state index >= 15 is 0 Å². The number of halogens is 2. The summed E-state index contributed by atoms with van der Waals surface area (Å²) >= 11 is 11.1. The third-order valence-electron chi connectivity index (χ3n) is 1.70. The highest BCUT2D eigenvalue weighted by Crippen LogP contribution is 2.00. The molecular weight excluding hydrogens is 221 g/mol. The Hall–Kier alpha value is 0.240. The van der Waals surface area contributed by atoms with E-state index in [-0.39, 0.29) is 0 Å². The van der Waals surface area contributed by atoms with Gasteiger partial charge in [-0.05, 0) is 19.4 Å². The van der Waals surface area contributed by atoms with Crippen LogP contribution in [-0.4, -0.2) is 26.3 Å². The number of hydrogen-bond donors (Lipinski definition) is 1. The standard InChI is InChI=1S/C10H19Cl2NO/c1-2-3-6-14-7-4-5-13-9-10(12)8-11/h8,13H,2-7,9H2,1H3. The maximum atomic E-state index is 5.68. The van der Waals surface area contributed by atoms with E-state index in [1.54, 1.807) is 0 Å². The van der Waals surface area contributed by atoms with Gasteiger partial charge in [-0.1, -0.05) is 36.5 Å². The van der Waals surface area contributed by atoms with Gasteiger partial charge in [0.2, 0.25) is 0 Å². The van der Waals surface area contributed by atoms with Gasteiger partial charge < -0.3 is 10.1 Å². The van der Waals surface area contributed by atoms with Gasteiger partial charge in [-0.3, -0.25) is 0 Å². The molecule has 0 aliphatic heterocycles. The maximum Gasteiger partial charge on any atom is 0.0478 e. The zero-order valence-corrected chi connectivity index (χ0v) is 10.2. The van der Waals surface area contributed by atoms with Crippen LogP contribution >= 0.6 is 23.2 Å². The molecule has 0 unspecified atom stereocenters. The largest absolute Gasteiger partial charge is 0.381 e. The first-order valence-corrected chi connectivity index (χ1v) is 5.86. The molecule has 0 aliphatic rings. The van der Waals surface area contributed by atoms with Gasteiger partial charge in [0.05, 0.1) is 0 Å². The second-order valence-corrected chi connectivity index (χ2v) is 3.76. The maximum absolute atomic E-state index is 5.68. The van der Waals surface area contributed by atoms with Crippen molar-refractivity contribution in [2.45, 2.75) is 26.2 Å². The van der Waals surface area contributed by atoms with Crippen LogP contribution in [0.15, 0.2) is 10.6 Å². The molecule has 0 amide bonds. The predicted octanol–water partition coefficient (Wildman–Crippen LogP) is 3.10. The molecule has 0 aliphatic carbocycles. The summed E-state index contributed by atoms with van der Waals surface area (Å²) < 4.78 is 5.39. The van der Waals surface area contributed by atoms with Crippen LogP contribution in [0.4, 0.5) is 0 Å². The molecule has 0 heterocycles. The molecule has 4 heteroatoms. The summed E-state index contributed by atoms with van der Waals surface area (Å²) in [5.41, 5.74) is 1.38. The number of unbranched alkanes of at least 4 members (excludes halogenated alkanes) is 1. The lowest BCUT2D eigenvalue weighted by Crippen LogP contribution is -2.18. The van der Waals surface area contributed by atoms with Gasteiger partial charge in [0, 0.05) is 30.3 Å². The first kappa shape index (κ1) is 14.2. The number of hydrogen-bond acceptors (Lipinski definition) is 2. The topological polar surface area (TPSA) is 21.3 Å². The molecule has 0 saturated carbocycles. The van der Waals surface area contributed by atoms with Crippen molar-refractivity contribution in [2.24, 2.45) is 0 Å². The van der Waals surface area contributed by atoms with E-state index < -0.39 is 0 Å². The predicted molar refractivity (Wildman–Crippen MR) is 63.0 cm³/mol. The smallest absolute Gasteiger partial charge is 0.0478 e. The van der Waals surface area contributed by atoms with Gasteiger partial charge in [0.25, 0.3) is 0 Å². The van der Waals surface area contributed by atoms with Gasteiger partial charge in [-0.15, -0.1) is 0 Å². The lowest BCUT2D eigenvalue weighted by atomic mass is 10.4. The van der Waals surface area contributed by atoms with Crippen LogP contribution in [0.5, 0.6) is 0 Å². The van der Waals surface area contributed by atoms with Crippen LogP contribution in [-0.2, 0) is 4.74 Å². The Bertz CT molecular complexity index is 151. The molecule has 0 fully saturated rings. The monoisotopic (exact) mass is 239 g/mol. The minimum atomic E-state index is 0.638. The normalized spacial score (nSPS) is 12.1. The van der Waals surface area contributed by atoms with Crippen molar-refractivity contribution in [3.63, 3.8) is 0 Å². The van der Waals surface area contributed by atoms with Crippen molar-refractivity contribution in [2.75, 3.05) is 26.3 Å². The SMILES string of the molecule is CCCCOCCCNCC(Cl)=CCl. The van der Waals surface area contributed by atoms with E-state index in [2.05, 4.69) is 12.2 Å². The minimum absolute atomic E-state index is 0.638. The van der Waals surface area contributed by atoms with Gasteiger partial charge >= 0.3 is 0 Å². The van der Waals surface area contributed by atoms with Crippen molar-refractivity contribution in [3.05, 3.63) is 10.6 Å². The fourth-order valence-corrected chi connectivity index (χ4v) is 1.07. The summed E-state index contributed by atoms with van der Waals surface area (Å²) in [7, 11) is 0. The van der Waals surface area contributed by atoms with Gasteiger partial charge in [0.15, 0.2) is 0 Å². The van der Waals surface area contributed by atoms with Crippen molar-refractivity contribution < 1.29 is 4.74 Å². The van der Waals surface area contributed by atoms with Crippen molar-refractivity contribution in [1.82, 2.24) is 5.32 Å². The Labute approximate surface area is 96.6 Å². The van der Waals surface area contributed by atoms with E-state index in [1.165, 1.54) is 12.0 Å². The molecule has 0 saturated heterocycles. The van der Waals surface area contributed by atoms with Crippen LogP contribution in [0.1, 0.15) is 26.2 Å². The average Bonchev–Trinajstić information content (AvgIpc) is 2.21. The molecule has 1 N–H and O–H groups in total. The molecular formula is C10H19Cl2NO. The number of nitrogens with one attached hydrogen (secondary N) is 1. The van der Waals surface area contributed by atoms with E-state index in [9.17, 15) is 0 Å². The lowest BCUT2D eigenvalue weighted by Gasteiger charge is -2.04. The number of rotatable bonds is 9. The molecule has 0 spiro atoms. The van der Waals surface area contributed by atoms with Crippen molar-refractivity contribution in [1.29, 1.82) is 0 Å². The third-order valence-corrected chi connectivity index (χ3v) is 2.31. The molecule has 0 aromatic heterocycles. The van der Waals surface area contributed by atoms with Crippen LogP contribution < -0.4 is 5.32 Å². The average molecular weight is 240 g/mol. The van der Waals surface area contributed by atoms with Gasteiger partial charge in [0.1, 0.15) is 0 Å². The molecule has 0 atom stereocenters. The molecule has 0 aromatic carbocycles. The highest BCUT2D eigenvalue weighted by Gasteiger charge is 1.91. The fraction of sp³-hybridized carbons (Fsp3) is 0.800. The van der Waals surface area contributed by atoms with Crippen molar-refractivity contribution in [3.8, 4) is 0 Å². The highest BCUT2D eigenvalue weighted by molar-refractivity contribution is 6.36. The lowest BCUT2D eigenvalue weighted by molar-refractivity contribution is 0.129. The summed E-state index contributed by atoms with van der Waals surface area (Å²) in [5, 5.41) is 3.80. The Kier molecular flexibility index (Phi) is 11.5. The quantitative estimate of drug-likeness (QED) is 0.625. The van der Waals surface area contributed by atoms with Crippen LogP contribution in [0.3, 0.4) is 0 Å². The Balaban J connectivity index is 2.99. The fourth-order valence-electron chi connectivity index (χ4n) is 0.894. The minimum Gasteiger partial charge on any atom is -0.381 e. The molecule has 0 aromatic rings. The first-order chi connectivity index (χ1) is 6.81. The molecule has 0 rings (SSSR count). The van der Waals surface area contributed by atoms with E-state index in [1.807, 2.05) is 0 Å². The summed E-state index contributed by atoms with van der Waals surface area (Å²) in [5.74, 6) is 0. The van der Waals surface area contributed by atoms with Crippen molar-refractivity contribution >= 4 is 23.2 Å². The number of ether oxygens (including phenoxy) is 1. The van der Waals surface area contributed by atoms with E-state index in [4.69, 9.17) is 27.9 Å². The molecule has 14 heavy (non-hydrogen) atoms. The Morgan fingerprint density at radius 2 is 2.07 bits per heavy atom. The second-order valence-electron chi connectivity index (χ2n) is 3.05. The second kappa shape index (κ2) is 11.3. The summed E-state index contributed by atoms with van der Waals surface area (Å²) in [6, 6.07) is 0. The Morgan fingerprint density at radius 1 is 1.36 bits per heavy atom. The van der Waals surface area contributed by atoms with Gasteiger partial charge in [-0.25, -0.2) is 0 Å². The molecule has 0 bridgehead atoms. The first-order valence-electron chi connectivity index (χ1n) is 5.04. The zero-order valence-electron chi connectivity index (χ0n) is 8.69. The van der Waals surface area contributed by atoms with E-state index in [0.29, 0.717) is 11.6 Å². The third kappa shape index (κ3) is 10.3.